The highest BCUT2D eigenvalue weighted by Gasteiger charge is 2.23. The highest BCUT2D eigenvalue weighted by molar-refractivity contribution is 6.29. The number of phenols is 3. The highest BCUT2D eigenvalue weighted by Crippen LogP contribution is 2.48. The number of hydrogen-bond donors (Lipinski definition) is 3. The molecular weight excluding hydrogens is 400 g/mol. The van der Waals surface area contributed by atoms with Gasteiger partial charge in [-0.05, 0) is 58.8 Å². The van der Waals surface area contributed by atoms with E-state index in [1.165, 1.54) is 0 Å². The van der Waals surface area contributed by atoms with Crippen LogP contribution in [0.4, 0.5) is 0 Å². The molecule has 32 heavy (non-hydrogen) atoms. The molecule has 1 heterocycles. The molecule has 154 valence electrons. The summed E-state index contributed by atoms with van der Waals surface area (Å²) in [4.78, 5) is 0. The summed E-state index contributed by atoms with van der Waals surface area (Å²) in [6.07, 6.45) is 0. The van der Waals surface area contributed by atoms with Crippen molar-refractivity contribution in [2.24, 2.45) is 0 Å². The normalized spacial score (nSPS) is 11.5. The Morgan fingerprint density at radius 2 is 1.06 bits per heavy atom. The van der Waals surface area contributed by atoms with Gasteiger partial charge in [-0.3, -0.25) is 0 Å². The van der Waals surface area contributed by atoms with Crippen molar-refractivity contribution in [1.82, 2.24) is 0 Å². The van der Waals surface area contributed by atoms with E-state index in [0.29, 0.717) is 11.3 Å². The van der Waals surface area contributed by atoms with Gasteiger partial charge in [-0.15, -0.1) is 0 Å². The van der Waals surface area contributed by atoms with E-state index in [0.717, 1.165) is 43.6 Å². The lowest BCUT2D eigenvalue weighted by molar-refractivity contribution is 0.475. The van der Waals surface area contributed by atoms with Gasteiger partial charge >= 0.3 is 0 Å². The Morgan fingerprint density at radius 1 is 0.500 bits per heavy atom. The number of furan rings is 1. The van der Waals surface area contributed by atoms with Crippen LogP contribution in [0.1, 0.15) is 0 Å². The minimum atomic E-state index is 0.178. The second kappa shape index (κ2) is 6.79. The standard InChI is InChI=1S/C28H18O4/c29-18-12-8-16(9-13-18)24-26-21-5-2-1-4-20(21)25-22(6-3-7-23(25)31)28(26)32-27(24)17-10-14-19(30)15-11-17/h1-15,29-31H. The maximum atomic E-state index is 10.7. The molecule has 4 nitrogen and oxygen atoms in total. The fraction of sp³-hybridized carbons (Fsp3) is 0. The molecule has 0 unspecified atom stereocenters. The molecule has 0 spiro atoms. The van der Waals surface area contributed by atoms with Crippen LogP contribution in [0.25, 0.3) is 55.0 Å². The van der Waals surface area contributed by atoms with E-state index in [4.69, 9.17) is 4.42 Å². The predicted molar refractivity (Wildman–Crippen MR) is 127 cm³/mol. The van der Waals surface area contributed by atoms with Crippen LogP contribution in [0.15, 0.2) is 95.4 Å². The Kier molecular flexibility index (Phi) is 3.89. The molecular formula is C28H18O4. The second-order valence-electron chi connectivity index (χ2n) is 7.85. The predicted octanol–water partition coefficient (Wildman–Crippen LogP) is 7.19. The lowest BCUT2D eigenvalue weighted by Crippen LogP contribution is -1.84. The number of phenolic OH excluding ortho intramolecular Hbond substituents is 3. The lowest BCUT2D eigenvalue weighted by Gasteiger charge is -2.09. The molecule has 0 saturated carbocycles. The largest absolute Gasteiger partial charge is 0.508 e. The van der Waals surface area contributed by atoms with Gasteiger partial charge in [0.1, 0.15) is 28.6 Å². The summed E-state index contributed by atoms with van der Waals surface area (Å²) in [5.74, 6) is 1.23. The van der Waals surface area contributed by atoms with Crippen LogP contribution in [0.3, 0.4) is 0 Å². The number of hydrogen-bond acceptors (Lipinski definition) is 4. The Morgan fingerprint density at radius 3 is 1.72 bits per heavy atom. The van der Waals surface area contributed by atoms with Crippen molar-refractivity contribution in [3.8, 4) is 39.7 Å². The minimum absolute atomic E-state index is 0.178. The summed E-state index contributed by atoms with van der Waals surface area (Å²) in [6.45, 7) is 0. The Balaban J connectivity index is 1.86. The molecule has 3 N–H and O–H groups in total. The Bertz CT molecular complexity index is 1630. The summed E-state index contributed by atoms with van der Waals surface area (Å²) < 4.78 is 6.53. The summed E-state index contributed by atoms with van der Waals surface area (Å²) in [6, 6.07) is 27.4. The van der Waals surface area contributed by atoms with E-state index in [1.54, 1.807) is 30.3 Å². The molecule has 0 aliphatic heterocycles. The van der Waals surface area contributed by atoms with Crippen LogP contribution in [-0.4, -0.2) is 15.3 Å². The van der Waals surface area contributed by atoms with Crippen molar-refractivity contribution in [2.75, 3.05) is 0 Å². The van der Waals surface area contributed by atoms with Gasteiger partial charge in [0.15, 0.2) is 0 Å². The van der Waals surface area contributed by atoms with Crippen molar-refractivity contribution in [3.05, 3.63) is 91.0 Å². The maximum absolute atomic E-state index is 10.7. The van der Waals surface area contributed by atoms with Gasteiger partial charge in [-0.1, -0.05) is 48.5 Å². The van der Waals surface area contributed by atoms with E-state index in [-0.39, 0.29) is 17.2 Å². The van der Waals surface area contributed by atoms with Gasteiger partial charge < -0.3 is 19.7 Å². The van der Waals surface area contributed by atoms with Gasteiger partial charge in [0.05, 0.1) is 0 Å². The van der Waals surface area contributed by atoms with Crippen molar-refractivity contribution >= 4 is 32.5 Å². The number of aromatic hydroxyl groups is 3. The molecule has 0 bridgehead atoms. The zero-order valence-corrected chi connectivity index (χ0v) is 16.9. The van der Waals surface area contributed by atoms with E-state index in [9.17, 15) is 15.3 Å². The maximum Gasteiger partial charge on any atom is 0.144 e. The van der Waals surface area contributed by atoms with Gasteiger partial charge in [0, 0.05) is 27.3 Å². The smallest absolute Gasteiger partial charge is 0.144 e. The number of benzene rings is 5. The third kappa shape index (κ3) is 2.63. The highest BCUT2D eigenvalue weighted by atomic mass is 16.3. The summed E-state index contributed by atoms with van der Waals surface area (Å²) in [7, 11) is 0. The van der Waals surface area contributed by atoms with Crippen LogP contribution in [0.5, 0.6) is 17.2 Å². The van der Waals surface area contributed by atoms with Crippen molar-refractivity contribution in [2.45, 2.75) is 0 Å². The third-order valence-electron chi connectivity index (χ3n) is 5.95. The van der Waals surface area contributed by atoms with Gasteiger partial charge in [0.25, 0.3) is 0 Å². The van der Waals surface area contributed by atoms with E-state index >= 15 is 0 Å². The fourth-order valence-electron chi connectivity index (χ4n) is 4.53. The van der Waals surface area contributed by atoms with E-state index < -0.39 is 0 Å². The third-order valence-corrected chi connectivity index (χ3v) is 5.95. The second-order valence-corrected chi connectivity index (χ2v) is 7.85. The summed E-state index contributed by atoms with van der Waals surface area (Å²) in [5.41, 5.74) is 3.29. The first-order valence-corrected chi connectivity index (χ1v) is 10.3. The minimum Gasteiger partial charge on any atom is -0.508 e. The molecule has 0 aliphatic rings. The van der Waals surface area contributed by atoms with E-state index in [1.807, 2.05) is 60.7 Å². The molecule has 0 fully saturated rings. The number of fused-ring (bicyclic) bond motifs is 6. The first kappa shape index (κ1) is 18.3. The summed E-state index contributed by atoms with van der Waals surface area (Å²) >= 11 is 0. The van der Waals surface area contributed by atoms with Crippen LogP contribution in [0.2, 0.25) is 0 Å². The lowest BCUT2D eigenvalue weighted by atomic mass is 9.92. The zero-order valence-electron chi connectivity index (χ0n) is 16.9. The zero-order chi connectivity index (χ0) is 21.8. The molecule has 0 atom stereocenters. The van der Waals surface area contributed by atoms with Gasteiger partial charge in [-0.2, -0.15) is 0 Å². The Hall–Kier alpha value is -4.44. The topological polar surface area (TPSA) is 73.8 Å². The van der Waals surface area contributed by atoms with Crippen molar-refractivity contribution in [3.63, 3.8) is 0 Å². The SMILES string of the molecule is Oc1ccc(-c2oc3c4cccc(O)c4c4ccccc4c3c2-c2ccc(O)cc2)cc1. The van der Waals surface area contributed by atoms with Crippen LogP contribution >= 0.6 is 0 Å². The molecule has 4 heteroatoms. The molecule has 0 aliphatic carbocycles. The number of rotatable bonds is 2. The van der Waals surface area contributed by atoms with Gasteiger partial charge in [0.2, 0.25) is 0 Å². The van der Waals surface area contributed by atoms with Crippen molar-refractivity contribution < 1.29 is 19.7 Å². The van der Waals surface area contributed by atoms with E-state index in [2.05, 4.69) is 0 Å². The molecule has 6 rings (SSSR count). The molecule has 0 saturated heterocycles. The first-order valence-electron chi connectivity index (χ1n) is 10.3. The quantitative estimate of drug-likeness (QED) is 0.260. The molecule has 5 aromatic carbocycles. The van der Waals surface area contributed by atoms with Crippen molar-refractivity contribution in [1.29, 1.82) is 0 Å². The van der Waals surface area contributed by atoms with Crippen LogP contribution < -0.4 is 0 Å². The fourth-order valence-corrected chi connectivity index (χ4v) is 4.53. The first-order chi connectivity index (χ1) is 15.6. The average molecular weight is 418 g/mol. The Labute approximate surface area is 183 Å². The molecule has 0 amide bonds. The van der Waals surface area contributed by atoms with Crippen LogP contribution in [-0.2, 0) is 0 Å². The van der Waals surface area contributed by atoms with Gasteiger partial charge in [-0.25, -0.2) is 0 Å². The monoisotopic (exact) mass is 418 g/mol. The summed E-state index contributed by atoms with van der Waals surface area (Å²) in [5, 5.41) is 34.8. The molecule has 1 aromatic heterocycles. The molecule has 0 radical (unpaired) electrons. The average Bonchev–Trinajstić information content (AvgIpc) is 3.21. The van der Waals surface area contributed by atoms with Crippen LogP contribution in [0, 0.1) is 0 Å². The molecule has 6 aromatic rings.